The van der Waals surface area contributed by atoms with E-state index < -0.39 is 17.7 Å². The van der Waals surface area contributed by atoms with Crippen LogP contribution in [0.25, 0.3) is 0 Å². The van der Waals surface area contributed by atoms with Crippen LogP contribution in [0.3, 0.4) is 0 Å². The lowest BCUT2D eigenvalue weighted by atomic mass is 9.91. The predicted molar refractivity (Wildman–Crippen MR) is 115 cm³/mol. The van der Waals surface area contributed by atoms with E-state index in [0.29, 0.717) is 47.3 Å². The van der Waals surface area contributed by atoms with Crippen molar-refractivity contribution >= 4 is 11.6 Å². The van der Waals surface area contributed by atoms with Crippen LogP contribution in [-0.2, 0) is 17.5 Å². The predicted octanol–water partition coefficient (Wildman–Crippen LogP) is 5.16. The molecule has 0 aliphatic carbocycles. The number of benzene rings is 3. The Morgan fingerprint density at radius 1 is 0.970 bits per heavy atom. The fourth-order valence-corrected chi connectivity index (χ4v) is 4.44. The van der Waals surface area contributed by atoms with Gasteiger partial charge in [-0.1, -0.05) is 36.4 Å². The van der Waals surface area contributed by atoms with Crippen LogP contribution in [-0.4, -0.2) is 26.2 Å². The standard InChI is InChI=1S/C25H20F3NO4/c1-31-20-13-22-21(32-10-11-33-22)12-17(20)23-16-7-3-5-9-19(16)29(24(23)30)14-15-6-2-4-8-18(15)25(26,27)28/h2-9,12-13,23H,10-11,14H2,1H3/t23-/m0/s1. The molecule has 1 atom stereocenters. The number of para-hydroxylation sites is 1. The van der Waals surface area contributed by atoms with Gasteiger partial charge >= 0.3 is 6.18 Å². The van der Waals surface area contributed by atoms with Gasteiger partial charge in [0.1, 0.15) is 19.0 Å². The Labute approximate surface area is 188 Å². The number of nitrogens with zero attached hydrogens (tertiary/aromatic N) is 1. The number of alkyl halides is 3. The zero-order valence-electron chi connectivity index (χ0n) is 17.7. The summed E-state index contributed by atoms with van der Waals surface area (Å²) in [4.78, 5) is 15.1. The normalized spacial score (nSPS) is 17.2. The van der Waals surface area contributed by atoms with Crippen LogP contribution in [0.2, 0.25) is 0 Å². The molecule has 0 unspecified atom stereocenters. The summed E-state index contributed by atoms with van der Waals surface area (Å²) >= 11 is 0. The molecule has 0 radical (unpaired) electrons. The first kappa shape index (κ1) is 21.2. The summed E-state index contributed by atoms with van der Waals surface area (Å²) in [6, 6.07) is 15.8. The summed E-state index contributed by atoms with van der Waals surface area (Å²) in [5, 5.41) is 0. The molecular formula is C25H20F3NO4. The van der Waals surface area contributed by atoms with E-state index in [9.17, 15) is 18.0 Å². The SMILES string of the molecule is COc1cc2c(cc1[C@H]1C(=O)N(Cc3ccccc3C(F)(F)F)c3ccccc31)OCCO2. The summed E-state index contributed by atoms with van der Waals surface area (Å²) in [5.74, 6) is 0.401. The lowest BCUT2D eigenvalue weighted by molar-refractivity contribution is -0.138. The van der Waals surface area contributed by atoms with Gasteiger partial charge in [0, 0.05) is 17.3 Å². The Hall–Kier alpha value is -3.68. The molecule has 170 valence electrons. The molecule has 5 nitrogen and oxygen atoms in total. The number of rotatable bonds is 4. The van der Waals surface area contributed by atoms with Gasteiger partial charge in [0.15, 0.2) is 11.5 Å². The fourth-order valence-electron chi connectivity index (χ4n) is 4.44. The monoisotopic (exact) mass is 455 g/mol. The molecule has 3 aromatic carbocycles. The lowest BCUT2D eigenvalue weighted by Crippen LogP contribution is -2.30. The van der Waals surface area contributed by atoms with Crippen molar-refractivity contribution in [2.24, 2.45) is 0 Å². The van der Waals surface area contributed by atoms with Crippen molar-refractivity contribution in [2.45, 2.75) is 18.6 Å². The van der Waals surface area contributed by atoms with E-state index in [1.807, 2.05) is 6.07 Å². The van der Waals surface area contributed by atoms with E-state index in [4.69, 9.17) is 14.2 Å². The summed E-state index contributed by atoms with van der Waals surface area (Å²) in [5.41, 5.74) is 1.12. The molecule has 8 heteroatoms. The minimum atomic E-state index is -4.52. The van der Waals surface area contributed by atoms with Crippen molar-refractivity contribution in [1.82, 2.24) is 0 Å². The van der Waals surface area contributed by atoms with Crippen molar-refractivity contribution in [3.8, 4) is 17.2 Å². The maximum atomic E-state index is 13.7. The Morgan fingerprint density at radius 3 is 2.36 bits per heavy atom. The maximum absolute atomic E-state index is 13.7. The molecular weight excluding hydrogens is 435 g/mol. The Kier molecular flexibility index (Phi) is 5.15. The van der Waals surface area contributed by atoms with E-state index in [1.54, 1.807) is 36.4 Å². The van der Waals surface area contributed by atoms with Crippen molar-refractivity contribution in [3.05, 3.63) is 82.9 Å². The van der Waals surface area contributed by atoms with Crippen molar-refractivity contribution in [1.29, 1.82) is 0 Å². The largest absolute Gasteiger partial charge is 0.496 e. The number of hydrogen-bond acceptors (Lipinski definition) is 4. The van der Waals surface area contributed by atoms with E-state index in [0.717, 1.165) is 6.07 Å². The molecule has 0 N–H and O–H groups in total. The number of carbonyl (C=O) groups is 1. The highest BCUT2D eigenvalue weighted by Gasteiger charge is 2.41. The molecule has 2 heterocycles. The number of hydrogen-bond donors (Lipinski definition) is 0. The van der Waals surface area contributed by atoms with Gasteiger partial charge < -0.3 is 19.1 Å². The first-order valence-electron chi connectivity index (χ1n) is 10.4. The van der Waals surface area contributed by atoms with Crippen molar-refractivity contribution in [2.75, 3.05) is 25.2 Å². The number of halogens is 3. The molecule has 2 aliphatic rings. The van der Waals surface area contributed by atoms with Crippen LogP contribution in [0, 0.1) is 0 Å². The lowest BCUT2D eigenvalue weighted by Gasteiger charge is -2.23. The fraction of sp³-hybridized carbons (Fsp3) is 0.240. The molecule has 5 rings (SSSR count). The number of carbonyl (C=O) groups excluding carboxylic acids is 1. The molecule has 0 spiro atoms. The second-order valence-electron chi connectivity index (χ2n) is 7.81. The van der Waals surface area contributed by atoms with Gasteiger partial charge in [-0.3, -0.25) is 4.79 Å². The molecule has 0 saturated carbocycles. The van der Waals surface area contributed by atoms with Gasteiger partial charge in [0.25, 0.3) is 0 Å². The number of ether oxygens (including phenoxy) is 3. The molecule has 3 aromatic rings. The quantitative estimate of drug-likeness (QED) is 0.545. The minimum Gasteiger partial charge on any atom is -0.496 e. The molecule has 2 aliphatic heterocycles. The van der Waals surface area contributed by atoms with Gasteiger partial charge in [0.05, 0.1) is 25.1 Å². The van der Waals surface area contributed by atoms with Crippen LogP contribution in [0.1, 0.15) is 28.2 Å². The van der Waals surface area contributed by atoms with Gasteiger partial charge in [-0.05, 0) is 29.3 Å². The highest BCUT2D eigenvalue weighted by atomic mass is 19.4. The summed E-state index contributed by atoms with van der Waals surface area (Å²) in [7, 11) is 1.50. The molecule has 0 saturated heterocycles. The Balaban J connectivity index is 1.59. The van der Waals surface area contributed by atoms with E-state index in [2.05, 4.69) is 0 Å². The second kappa shape index (κ2) is 8.03. The second-order valence-corrected chi connectivity index (χ2v) is 7.81. The molecule has 0 aromatic heterocycles. The number of amides is 1. The Morgan fingerprint density at radius 2 is 1.64 bits per heavy atom. The van der Waals surface area contributed by atoms with Gasteiger partial charge in [-0.15, -0.1) is 0 Å². The Bertz CT molecular complexity index is 1220. The third kappa shape index (κ3) is 3.65. The number of fused-ring (bicyclic) bond motifs is 2. The smallest absolute Gasteiger partial charge is 0.416 e. The molecule has 1 amide bonds. The topological polar surface area (TPSA) is 48.0 Å². The summed E-state index contributed by atoms with van der Waals surface area (Å²) in [6.07, 6.45) is -4.52. The summed E-state index contributed by atoms with van der Waals surface area (Å²) < 4.78 is 57.6. The van der Waals surface area contributed by atoms with Gasteiger partial charge in [-0.2, -0.15) is 13.2 Å². The van der Waals surface area contributed by atoms with Crippen molar-refractivity contribution in [3.63, 3.8) is 0 Å². The van der Waals surface area contributed by atoms with E-state index in [1.165, 1.54) is 24.1 Å². The zero-order valence-corrected chi connectivity index (χ0v) is 17.7. The van der Waals surface area contributed by atoms with E-state index in [-0.39, 0.29) is 18.0 Å². The van der Waals surface area contributed by atoms with Crippen LogP contribution >= 0.6 is 0 Å². The summed E-state index contributed by atoms with van der Waals surface area (Å²) in [6.45, 7) is 0.594. The van der Waals surface area contributed by atoms with Crippen LogP contribution < -0.4 is 19.1 Å². The highest BCUT2D eigenvalue weighted by molar-refractivity contribution is 6.07. The average molecular weight is 455 g/mol. The highest BCUT2D eigenvalue weighted by Crippen LogP contribution is 2.48. The van der Waals surface area contributed by atoms with Crippen LogP contribution in [0.15, 0.2) is 60.7 Å². The third-order valence-electron chi connectivity index (χ3n) is 5.91. The van der Waals surface area contributed by atoms with Crippen LogP contribution in [0.4, 0.5) is 18.9 Å². The minimum absolute atomic E-state index is 0.0305. The third-order valence-corrected chi connectivity index (χ3v) is 5.91. The average Bonchev–Trinajstić information content (AvgIpc) is 3.09. The van der Waals surface area contributed by atoms with E-state index >= 15 is 0 Å². The molecule has 0 bridgehead atoms. The zero-order chi connectivity index (χ0) is 23.2. The maximum Gasteiger partial charge on any atom is 0.416 e. The number of methoxy groups -OCH3 is 1. The first-order valence-corrected chi connectivity index (χ1v) is 10.4. The van der Waals surface area contributed by atoms with Gasteiger partial charge in [0.2, 0.25) is 5.91 Å². The van der Waals surface area contributed by atoms with Gasteiger partial charge in [-0.25, -0.2) is 0 Å². The van der Waals surface area contributed by atoms with Crippen molar-refractivity contribution < 1.29 is 32.2 Å². The first-order chi connectivity index (χ1) is 15.9. The molecule has 0 fully saturated rings. The molecule has 33 heavy (non-hydrogen) atoms. The van der Waals surface area contributed by atoms with Crippen LogP contribution in [0.5, 0.6) is 17.2 Å². The number of anilines is 1.